The molecule has 1 amide bonds. The lowest BCUT2D eigenvalue weighted by molar-refractivity contribution is -0.139. The number of amides is 1. The number of piperidine rings is 1. The van der Waals surface area contributed by atoms with E-state index in [0.717, 1.165) is 50.9 Å². The Hall–Kier alpha value is -1.76. The lowest BCUT2D eigenvalue weighted by atomic mass is 9.77. The summed E-state index contributed by atoms with van der Waals surface area (Å²) in [5, 5.41) is 9.69. The zero-order valence-electron chi connectivity index (χ0n) is 14.8. The van der Waals surface area contributed by atoms with Crippen LogP contribution in [0, 0.1) is 17.0 Å². The molecule has 3 fully saturated rings. The number of carbonyl (C=O) groups is 1. The maximum atomic E-state index is 14.0. The minimum absolute atomic E-state index is 0.171. The van der Waals surface area contributed by atoms with E-state index >= 15 is 0 Å². The number of rotatable bonds is 2. The molecule has 1 aromatic heterocycles. The van der Waals surface area contributed by atoms with E-state index in [2.05, 4.69) is 4.98 Å². The van der Waals surface area contributed by atoms with Gasteiger partial charge in [0.15, 0.2) is 11.6 Å². The molecule has 3 aliphatic rings. The molecule has 2 saturated heterocycles. The molecule has 0 aromatic carbocycles. The SMILES string of the molecule is O=C1N(C2CCC(O)CC2)CCC12CCN(c1ncc(F)cc1F)CC2. The van der Waals surface area contributed by atoms with Gasteiger partial charge in [0.25, 0.3) is 0 Å². The smallest absolute Gasteiger partial charge is 0.229 e. The number of halogens is 2. The largest absolute Gasteiger partial charge is 0.393 e. The first-order valence-corrected chi connectivity index (χ1v) is 9.54. The van der Waals surface area contributed by atoms with Gasteiger partial charge in [-0.15, -0.1) is 0 Å². The second-order valence-electron chi connectivity index (χ2n) is 7.94. The number of aromatic nitrogens is 1. The van der Waals surface area contributed by atoms with E-state index in [1.165, 1.54) is 0 Å². The van der Waals surface area contributed by atoms with E-state index in [9.17, 15) is 18.7 Å². The van der Waals surface area contributed by atoms with Crippen LogP contribution in [-0.2, 0) is 4.79 Å². The number of carbonyl (C=O) groups excluding carboxylic acids is 1. The van der Waals surface area contributed by atoms with E-state index in [-0.39, 0.29) is 29.3 Å². The van der Waals surface area contributed by atoms with Crippen LogP contribution in [0.3, 0.4) is 0 Å². The number of likely N-dealkylation sites (tertiary alicyclic amines) is 1. The third kappa shape index (κ3) is 3.06. The van der Waals surface area contributed by atoms with Crippen LogP contribution in [0.15, 0.2) is 12.3 Å². The van der Waals surface area contributed by atoms with Crippen LogP contribution < -0.4 is 4.90 Å². The monoisotopic (exact) mass is 365 g/mol. The molecule has 1 saturated carbocycles. The zero-order valence-corrected chi connectivity index (χ0v) is 14.8. The molecule has 4 rings (SSSR count). The molecule has 2 aliphatic heterocycles. The molecule has 1 N–H and O–H groups in total. The fourth-order valence-electron chi connectivity index (χ4n) is 4.82. The number of anilines is 1. The van der Waals surface area contributed by atoms with Gasteiger partial charge in [0, 0.05) is 31.7 Å². The Morgan fingerprint density at radius 1 is 1.08 bits per heavy atom. The van der Waals surface area contributed by atoms with Gasteiger partial charge in [-0.2, -0.15) is 0 Å². The number of hydrogen-bond donors (Lipinski definition) is 1. The summed E-state index contributed by atoms with van der Waals surface area (Å²) in [5.74, 6) is -0.934. The van der Waals surface area contributed by atoms with Crippen LogP contribution in [-0.4, -0.2) is 52.7 Å². The van der Waals surface area contributed by atoms with E-state index in [4.69, 9.17) is 0 Å². The summed E-state index contributed by atoms with van der Waals surface area (Å²) in [4.78, 5) is 20.8. The van der Waals surface area contributed by atoms with E-state index in [1.807, 2.05) is 9.80 Å². The summed E-state index contributed by atoms with van der Waals surface area (Å²) >= 11 is 0. The summed E-state index contributed by atoms with van der Waals surface area (Å²) in [7, 11) is 0. The van der Waals surface area contributed by atoms with Crippen LogP contribution in [0.4, 0.5) is 14.6 Å². The van der Waals surface area contributed by atoms with Crippen LogP contribution in [0.2, 0.25) is 0 Å². The molecule has 1 aromatic rings. The molecule has 0 unspecified atom stereocenters. The topological polar surface area (TPSA) is 56.7 Å². The van der Waals surface area contributed by atoms with Crippen molar-refractivity contribution >= 4 is 11.7 Å². The molecule has 0 bridgehead atoms. The van der Waals surface area contributed by atoms with Crippen molar-refractivity contribution in [2.75, 3.05) is 24.5 Å². The number of nitrogens with zero attached hydrogens (tertiary/aromatic N) is 3. The molecular formula is C19H25F2N3O2. The molecule has 1 spiro atoms. The first kappa shape index (κ1) is 17.6. The molecule has 0 radical (unpaired) electrons. The van der Waals surface area contributed by atoms with Crippen molar-refractivity contribution in [1.29, 1.82) is 0 Å². The fourth-order valence-corrected chi connectivity index (χ4v) is 4.82. The highest BCUT2D eigenvalue weighted by Crippen LogP contribution is 2.44. The van der Waals surface area contributed by atoms with Crippen molar-refractivity contribution < 1.29 is 18.7 Å². The van der Waals surface area contributed by atoms with Gasteiger partial charge in [-0.25, -0.2) is 13.8 Å². The van der Waals surface area contributed by atoms with Crippen LogP contribution in [0.25, 0.3) is 0 Å². The average Bonchev–Trinajstić information content (AvgIpc) is 2.94. The molecule has 142 valence electrons. The summed E-state index contributed by atoms with van der Waals surface area (Å²) < 4.78 is 27.0. The van der Waals surface area contributed by atoms with Crippen molar-refractivity contribution in [3.63, 3.8) is 0 Å². The van der Waals surface area contributed by atoms with Crippen molar-refractivity contribution in [2.45, 2.75) is 57.1 Å². The Labute approximate surface area is 152 Å². The van der Waals surface area contributed by atoms with Gasteiger partial charge >= 0.3 is 0 Å². The Bertz CT molecular complexity index is 683. The van der Waals surface area contributed by atoms with Gasteiger partial charge in [-0.1, -0.05) is 0 Å². The predicted octanol–water partition coefficient (Wildman–Crippen LogP) is 2.48. The van der Waals surface area contributed by atoms with Crippen molar-refractivity contribution in [3.05, 3.63) is 23.9 Å². The molecule has 5 nitrogen and oxygen atoms in total. The number of pyridine rings is 1. The maximum absolute atomic E-state index is 14.0. The molecule has 26 heavy (non-hydrogen) atoms. The predicted molar refractivity (Wildman–Crippen MR) is 92.6 cm³/mol. The number of aliphatic hydroxyl groups is 1. The van der Waals surface area contributed by atoms with Gasteiger partial charge in [0.1, 0.15) is 5.82 Å². The third-order valence-corrected chi connectivity index (χ3v) is 6.46. The summed E-state index contributed by atoms with van der Waals surface area (Å²) in [6.07, 6.45) is 6.29. The standard InChI is InChI=1S/C19H25F2N3O2/c20-13-11-16(21)17(22-12-13)23-8-5-19(6-9-23)7-10-24(18(19)26)14-1-3-15(25)4-2-14/h11-12,14-15,25H,1-10H2. The van der Waals surface area contributed by atoms with E-state index in [1.54, 1.807) is 0 Å². The highest BCUT2D eigenvalue weighted by atomic mass is 19.1. The maximum Gasteiger partial charge on any atom is 0.229 e. The van der Waals surface area contributed by atoms with Gasteiger partial charge in [0.05, 0.1) is 17.7 Å². The number of aliphatic hydroxyl groups excluding tert-OH is 1. The minimum atomic E-state index is -0.682. The Balaban J connectivity index is 1.41. The van der Waals surface area contributed by atoms with E-state index in [0.29, 0.717) is 25.9 Å². The van der Waals surface area contributed by atoms with Crippen LogP contribution in [0.5, 0.6) is 0 Å². The molecular weight excluding hydrogens is 340 g/mol. The van der Waals surface area contributed by atoms with E-state index < -0.39 is 11.6 Å². The van der Waals surface area contributed by atoms with Gasteiger partial charge in [0.2, 0.25) is 5.91 Å². The Kier molecular flexibility index (Phi) is 4.59. The number of hydrogen-bond acceptors (Lipinski definition) is 4. The molecule has 0 atom stereocenters. The lowest BCUT2D eigenvalue weighted by Crippen LogP contribution is -2.47. The van der Waals surface area contributed by atoms with Gasteiger partial charge in [-0.05, 0) is 44.9 Å². The van der Waals surface area contributed by atoms with Crippen LogP contribution >= 0.6 is 0 Å². The van der Waals surface area contributed by atoms with Crippen molar-refractivity contribution in [3.8, 4) is 0 Å². The molecule has 7 heteroatoms. The normalized spacial score (nSPS) is 28.8. The molecule has 3 heterocycles. The first-order chi connectivity index (χ1) is 12.5. The lowest BCUT2D eigenvalue weighted by Gasteiger charge is -2.40. The third-order valence-electron chi connectivity index (χ3n) is 6.46. The highest BCUT2D eigenvalue weighted by molar-refractivity contribution is 5.85. The Morgan fingerprint density at radius 2 is 1.73 bits per heavy atom. The average molecular weight is 365 g/mol. The molecule has 1 aliphatic carbocycles. The Morgan fingerprint density at radius 3 is 2.38 bits per heavy atom. The van der Waals surface area contributed by atoms with Gasteiger partial charge in [-0.3, -0.25) is 4.79 Å². The van der Waals surface area contributed by atoms with Gasteiger partial charge < -0.3 is 14.9 Å². The second kappa shape index (κ2) is 6.76. The quantitative estimate of drug-likeness (QED) is 0.875. The van der Waals surface area contributed by atoms with Crippen molar-refractivity contribution in [1.82, 2.24) is 9.88 Å². The van der Waals surface area contributed by atoms with Crippen molar-refractivity contribution in [2.24, 2.45) is 5.41 Å². The van der Waals surface area contributed by atoms with Crippen LogP contribution in [0.1, 0.15) is 44.9 Å². The summed E-state index contributed by atoms with van der Waals surface area (Å²) in [6.45, 7) is 1.89. The summed E-state index contributed by atoms with van der Waals surface area (Å²) in [5.41, 5.74) is -0.344. The fraction of sp³-hybridized carbons (Fsp3) is 0.684. The zero-order chi connectivity index (χ0) is 18.3. The highest BCUT2D eigenvalue weighted by Gasteiger charge is 2.50. The summed E-state index contributed by atoms with van der Waals surface area (Å²) in [6, 6.07) is 1.10. The first-order valence-electron chi connectivity index (χ1n) is 9.54. The minimum Gasteiger partial charge on any atom is -0.393 e. The second-order valence-corrected chi connectivity index (χ2v) is 7.94.